The molecule has 0 saturated carbocycles. The lowest BCUT2D eigenvalue weighted by molar-refractivity contribution is 1.17. The molecule has 214 valence electrons. The van der Waals surface area contributed by atoms with E-state index < -0.39 is 0 Å². The highest BCUT2D eigenvalue weighted by molar-refractivity contribution is 7.26. The van der Waals surface area contributed by atoms with Gasteiger partial charge in [-0.1, -0.05) is 103 Å². The average Bonchev–Trinajstić information content (AvgIpc) is 3.66. The number of nitrogens with zero attached hydrogens (tertiary/aromatic N) is 4. The van der Waals surface area contributed by atoms with Gasteiger partial charge in [-0.2, -0.15) is 5.26 Å². The predicted octanol–water partition coefficient (Wildman–Crippen LogP) is 10.8. The van der Waals surface area contributed by atoms with Crippen molar-refractivity contribution < 1.29 is 0 Å². The largest absolute Gasteiger partial charge is 0.306 e. The van der Waals surface area contributed by atoms with Gasteiger partial charge in [0.25, 0.3) is 0 Å². The third kappa shape index (κ3) is 4.12. The summed E-state index contributed by atoms with van der Waals surface area (Å²) in [5.41, 5.74) is 9.52. The molecule has 0 amide bonds. The van der Waals surface area contributed by atoms with E-state index in [0.717, 1.165) is 44.4 Å². The molecule has 5 heteroatoms. The lowest BCUT2D eigenvalue weighted by Gasteiger charge is -2.13. The van der Waals surface area contributed by atoms with Crippen molar-refractivity contribution >= 4 is 53.4 Å². The fourth-order valence-corrected chi connectivity index (χ4v) is 7.72. The first kappa shape index (κ1) is 26.3. The number of thiophene rings is 1. The van der Waals surface area contributed by atoms with E-state index in [1.54, 1.807) is 11.3 Å². The highest BCUT2D eigenvalue weighted by Crippen LogP contribution is 2.44. The Morgan fingerprint density at radius 2 is 1.26 bits per heavy atom. The van der Waals surface area contributed by atoms with Crippen LogP contribution in [0.5, 0.6) is 0 Å². The molecular weight excluding hydrogens is 581 g/mol. The maximum Gasteiger partial charge on any atom is 0.160 e. The minimum absolute atomic E-state index is 0.566. The number of hydrogen-bond donors (Lipinski definition) is 0. The lowest BCUT2D eigenvalue weighted by Crippen LogP contribution is -2.00. The normalized spacial score (nSPS) is 11.5. The molecule has 0 radical (unpaired) electrons. The molecule has 0 N–H and O–H groups in total. The van der Waals surface area contributed by atoms with Gasteiger partial charge < -0.3 is 4.57 Å². The maximum absolute atomic E-state index is 10.6. The molecule has 0 unspecified atom stereocenters. The molecule has 6 aromatic carbocycles. The van der Waals surface area contributed by atoms with Crippen LogP contribution in [0.25, 0.3) is 81.6 Å². The Hall–Kier alpha value is -6.09. The molecular formula is C41H24N4S. The molecule has 46 heavy (non-hydrogen) atoms. The Labute approximate surface area is 269 Å². The zero-order valence-corrected chi connectivity index (χ0v) is 25.4. The summed E-state index contributed by atoms with van der Waals surface area (Å²) in [4.78, 5) is 10.00. The molecule has 0 fully saturated rings. The van der Waals surface area contributed by atoms with Crippen molar-refractivity contribution in [3.8, 4) is 45.5 Å². The molecule has 0 spiro atoms. The SMILES string of the molecule is N#Cc1cc(-c2nc(-c3ccccc3)c3ccccc3n2)ccc1-n1c2ccc(-c3ccccc3)cc2c2sc3ccccc3c21. The van der Waals surface area contributed by atoms with Crippen molar-refractivity contribution in [1.82, 2.24) is 14.5 Å². The highest BCUT2D eigenvalue weighted by atomic mass is 32.1. The Kier molecular flexibility index (Phi) is 6.02. The highest BCUT2D eigenvalue weighted by Gasteiger charge is 2.21. The predicted molar refractivity (Wildman–Crippen MR) is 190 cm³/mol. The molecule has 0 saturated heterocycles. The van der Waals surface area contributed by atoms with E-state index in [1.807, 2.05) is 60.7 Å². The Morgan fingerprint density at radius 3 is 2.07 bits per heavy atom. The van der Waals surface area contributed by atoms with Gasteiger partial charge in [0.1, 0.15) is 6.07 Å². The third-order valence-corrected chi connectivity index (χ3v) is 9.84. The smallest absolute Gasteiger partial charge is 0.160 e. The minimum atomic E-state index is 0.566. The van der Waals surface area contributed by atoms with Crippen molar-refractivity contribution in [2.75, 3.05) is 0 Å². The number of benzene rings is 6. The van der Waals surface area contributed by atoms with Gasteiger partial charge in [0, 0.05) is 32.0 Å². The lowest BCUT2D eigenvalue weighted by atomic mass is 10.0. The summed E-state index contributed by atoms with van der Waals surface area (Å²) in [6, 6.07) is 52.4. The van der Waals surface area contributed by atoms with E-state index in [4.69, 9.17) is 9.97 Å². The van der Waals surface area contributed by atoms with E-state index in [2.05, 4.69) is 95.6 Å². The summed E-state index contributed by atoms with van der Waals surface area (Å²) >= 11 is 1.80. The molecule has 9 aromatic rings. The first-order chi connectivity index (χ1) is 22.8. The van der Waals surface area contributed by atoms with Crippen LogP contribution in [0.15, 0.2) is 146 Å². The first-order valence-corrected chi connectivity index (χ1v) is 16.0. The molecule has 0 aliphatic heterocycles. The van der Waals surface area contributed by atoms with Crippen molar-refractivity contribution in [3.05, 3.63) is 151 Å². The first-order valence-electron chi connectivity index (χ1n) is 15.1. The van der Waals surface area contributed by atoms with Crippen LogP contribution in [-0.4, -0.2) is 14.5 Å². The molecule has 0 aliphatic rings. The monoisotopic (exact) mass is 604 g/mol. The van der Waals surface area contributed by atoms with Gasteiger partial charge in [0.05, 0.1) is 38.2 Å². The second-order valence-corrected chi connectivity index (χ2v) is 12.4. The molecule has 0 atom stereocenters. The Balaban J connectivity index is 1.27. The van der Waals surface area contributed by atoms with E-state index >= 15 is 0 Å². The van der Waals surface area contributed by atoms with E-state index in [-0.39, 0.29) is 0 Å². The molecule has 0 aliphatic carbocycles. The molecule has 4 nitrogen and oxygen atoms in total. The zero-order valence-electron chi connectivity index (χ0n) is 24.6. The van der Waals surface area contributed by atoms with Crippen LogP contribution in [0, 0.1) is 11.3 Å². The van der Waals surface area contributed by atoms with Crippen LogP contribution < -0.4 is 0 Å². The zero-order chi connectivity index (χ0) is 30.6. The maximum atomic E-state index is 10.6. The second-order valence-electron chi connectivity index (χ2n) is 11.3. The van der Waals surface area contributed by atoms with E-state index in [1.165, 1.54) is 31.3 Å². The van der Waals surface area contributed by atoms with Crippen LogP contribution in [0.1, 0.15) is 5.56 Å². The summed E-state index contributed by atoms with van der Waals surface area (Å²) in [6.07, 6.45) is 0. The third-order valence-electron chi connectivity index (χ3n) is 8.65. The average molecular weight is 605 g/mol. The summed E-state index contributed by atoms with van der Waals surface area (Å²) in [7, 11) is 0. The van der Waals surface area contributed by atoms with Crippen LogP contribution in [0.3, 0.4) is 0 Å². The number of aromatic nitrogens is 3. The summed E-state index contributed by atoms with van der Waals surface area (Å²) < 4.78 is 4.70. The topological polar surface area (TPSA) is 54.5 Å². The summed E-state index contributed by atoms with van der Waals surface area (Å²) in [6.45, 7) is 0. The number of para-hydroxylation sites is 1. The van der Waals surface area contributed by atoms with Crippen LogP contribution in [0.2, 0.25) is 0 Å². The van der Waals surface area contributed by atoms with E-state index in [9.17, 15) is 5.26 Å². The van der Waals surface area contributed by atoms with Crippen molar-refractivity contribution in [2.24, 2.45) is 0 Å². The van der Waals surface area contributed by atoms with Gasteiger partial charge in [-0.15, -0.1) is 11.3 Å². The molecule has 9 rings (SSSR count). The van der Waals surface area contributed by atoms with Gasteiger partial charge in [-0.3, -0.25) is 0 Å². The number of rotatable bonds is 4. The molecule has 3 aromatic heterocycles. The second kappa shape index (κ2) is 10.5. The molecule has 3 heterocycles. The quantitative estimate of drug-likeness (QED) is 0.201. The van der Waals surface area contributed by atoms with Crippen LogP contribution in [-0.2, 0) is 0 Å². The van der Waals surface area contributed by atoms with Gasteiger partial charge in [0.15, 0.2) is 5.82 Å². The van der Waals surface area contributed by atoms with Gasteiger partial charge in [-0.25, -0.2) is 9.97 Å². The fraction of sp³-hybridized carbons (Fsp3) is 0. The van der Waals surface area contributed by atoms with Crippen LogP contribution >= 0.6 is 11.3 Å². The van der Waals surface area contributed by atoms with E-state index in [0.29, 0.717) is 11.4 Å². The van der Waals surface area contributed by atoms with Crippen LogP contribution in [0.4, 0.5) is 0 Å². The summed E-state index contributed by atoms with van der Waals surface area (Å²) in [5.74, 6) is 0.594. The van der Waals surface area contributed by atoms with Gasteiger partial charge in [-0.05, 0) is 53.6 Å². The Bertz CT molecular complexity index is 2640. The number of hydrogen-bond acceptors (Lipinski definition) is 4. The standard InChI is InChI=1S/C41H24N4S/c42-25-30-23-29(41-43-34-17-9-7-15-31(34)38(44-41)27-13-5-2-6-14-27)20-21-35(30)45-36-22-19-28(26-11-3-1-4-12-26)24-33(36)40-39(45)32-16-8-10-18-37(32)46-40/h1-24H. The number of fused-ring (bicyclic) bond motifs is 6. The fourth-order valence-electron chi connectivity index (χ4n) is 6.51. The summed E-state index contributed by atoms with van der Waals surface area (Å²) in [5, 5.41) is 13.9. The van der Waals surface area contributed by atoms with Gasteiger partial charge >= 0.3 is 0 Å². The van der Waals surface area contributed by atoms with Crippen molar-refractivity contribution in [2.45, 2.75) is 0 Å². The number of nitriles is 1. The van der Waals surface area contributed by atoms with Crippen molar-refractivity contribution in [3.63, 3.8) is 0 Å². The Morgan fingerprint density at radius 1 is 0.565 bits per heavy atom. The minimum Gasteiger partial charge on any atom is -0.306 e. The molecule has 0 bridgehead atoms. The van der Waals surface area contributed by atoms with Gasteiger partial charge in [0.2, 0.25) is 0 Å². The van der Waals surface area contributed by atoms with Crippen molar-refractivity contribution in [1.29, 1.82) is 5.26 Å².